The van der Waals surface area contributed by atoms with Crippen molar-refractivity contribution in [3.8, 4) is 17.2 Å². The number of benzene rings is 2. The number of hydrogen-bond donors (Lipinski definition) is 0. The standard InChI is InChI=1S/C23H18N2O2/c1-3-27-23(26)22-20(17-10-8-15(2)9-11-17)19(14-24)21-18-7-5-4-6-16(18)12-13-25(21)22/h4-13H,3H2,1-2H3. The van der Waals surface area contributed by atoms with Crippen molar-refractivity contribution in [3.63, 3.8) is 0 Å². The Morgan fingerprint density at radius 1 is 1.11 bits per heavy atom. The number of rotatable bonds is 3. The number of nitrogens with zero attached hydrogens (tertiary/aromatic N) is 2. The average molecular weight is 354 g/mol. The maximum Gasteiger partial charge on any atom is 0.356 e. The van der Waals surface area contributed by atoms with Crippen molar-refractivity contribution in [1.29, 1.82) is 5.26 Å². The molecule has 0 amide bonds. The highest BCUT2D eigenvalue weighted by Crippen LogP contribution is 2.36. The second kappa shape index (κ2) is 6.62. The molecule has 4 heteroatoms. The van der Waals surface area contributed by atoms with Gasteiger partial charge in [-0.15, -0.1) is 0 Å². The highest BCUT2D eigenvalue weighted by Gasteiger charge is 2.26. The summed E-state index contributed by atoms with van der Waals surface area (Å²) in [6.45, 7) is 4.06. The molecule has 2 aromatic heterocycles. The third-order valence-corrected chi connectivity index (χ3v) is 4.75. The van der Waals surface area contributed by atoms with Crippen molar-refractivity contribution >= 4 is 22.3 Å². The Balaban J connectivity index is 2.18. The number of fused-ring (bicyclic) bond motifs is 3. The van der Waals surface area contributed by atoms with Crippen molar-refractivity contribution < 1.29 is 9.53 Å². The fourth-order valence-corrected chi connectivity index (χ4v) is 3.53. The molecule has 0 atom stereocenters. The van der Waals surface area contributed by atoms with Gasteiger partial charge in [0.05, 0.1) is 17.7 Å². The van der Waals surface area contributed by atoms with E-state index in [-0.39, 0.29) is 6.61 Å². The summed E-state index contributed by atoms with van der Waals surface area (Å²) in [7, 11) is 0. The quantitative estimate of drug-likeness (QED) is 0.480. The van der Waals surface area contributed by atoms with E-state index in [0.717, 1.165) is 27.4 Å². The molecule has 0 fully saturated rings. The number of nitriles is 1. The van der Waals surface area contributed by atoms with E-state index in [1.165, 1.54) is 0 Å². The Bertz CT molecular complexity index is 1210. The van der Waals surface area contributed by atoms with Gasteiger partial charge in [-0.1, -0.05) is 54.1 Å². The van der Waals surface area contributed by atoms with E-state index in [1.54, 1.807) is 11.3 Å². The molecule has 0 aliphatic rings. The first-order valence-corrected chi connectivity index (χ1v) is 8.85. The van der Waals surface area contributed by atoms with Crippen LogP contribution >= 0.6 is 0 Å². The lowest BCUT2D eigenvalue weighted by Crippen LogP contribution is -2.09. The first-order valence-electron chi connectivity index (χ1n) is 8.85. The molecule has 0 radical (unpaired) electrons. The number of carbonyl (C=O) groups is 1. The zero-order valence-corrected chi connectivity index (χ0v) is 15.2. The lowest BCUT2D eigenvalue weighted by atomic mass is 9.99. The largest absolute Gasteiger partial charge is 0.461 e. The molecule has 0 aliphatic heterocycles. The van der Waals surface area contributed by atoms with E-state index in [2.05, 4.69) is 6.07 Å². The summed E-state index contributed by atoms with van der Waals surface area (Å²) < 4.78 is 7.11. The minimum atomic E-state index is -0.431. The number of hydrogen-bond acceptors (Lipinski definition) is 3. The van der Waals surface area contributed by atoms with Gasteiger partial charge in [0.2, 0.25) is 0 Å². The molecule has 2 heterocycles. The highest BCUT2D eigenvalue weighted by molar-refractivity contribution is 6.08. The van der Waals surface area contributed by atoms with Gasteiger partial charge in [-0.2, -0.15) is 5.26 Å². The van der Waals surface area contributed by atoms with Crippen LogP contribution in [0, 0.1) is 18.3 Å². The maximum atomic E-state index is 12.8. The first kappa shape index (κ1) is 16.9. The lowest BCUT2D eigenvalue weighted by Gasteiger charge is -2.07. The Kier molecular flexibility index (Phi) is 4.13. The zero-order valence-electron chi connectivity index (χ0n) is 15.2. The van der Waals surface area contributed by atoms with Crippen LogP contribution in [0.3, 0.4) is 0 Å². The number of ether oxygens (including phenoxy) is 1. The van der Waals surface area contributed by atoms with Crippen LogP contribution in [0.4, 0.5) is 0 Å². The van der Waals surface area contributed by atoms with Crippen molar-refractivity contribution in [3.05, 3.63) is 77.6 Å². The van der Waals surface area contributed by atoms with Gasteiger partial charge < -0.3 is 9.14 Å². The molecule has 132 valence electrons. The van der Waals surface area contributed by atoms with Gasteiger partial charge in [0.25, 0.3) is 0 Å². The van der Waals surface area contributed by atoms with E-state index in [9.17, 15) is 10.1 Å². The molecule has 0 bridgehead atoms. The van der Waals surface area contributed by atoms with Crippen LogP contribution in [0.15, 0.2) is 60.8 Å². The predicted molar refractivity (Wildman–Crippen MR) is 106 cm³/mol. The molecule has 0 spiro atoms. The molecule has 2 aromatic carbocycles. The minimum absolute atomic E-state index is 0.273. The Morgan fingerprint density at radius 3 is 2.56 bits per heavy atom. The topological polar surface area (TPSA) is 54.5 Å². The summed E-state index contributed by atoms with van der Waals surface area (Å²) >= 11 is 0. The van der Waals surface area contributed by atoms with Gasteiger partial charge in [-0.25, -0.2) is 4.79 Å². The van der Waals surface area contributed by atoms with E-state index in [1.807, 2.05) is 67.7 Å². The summed E-state index contributed by atoms with van der Waals surface area (Å²) in [5, 5.41) is 12.0. The van der Waals surface area contributed by atoms with Crippen molar-refractivity contribution in [1.82, 2.24) is 4.40 Å². The van der Waals surface area contributed by atoms with Crippen LogP contribution < -0.4 is 0 Å². The van der Waals surface area contributed by atoms with Crippen LogP contribution in [0.2, 0.25) is 0 Å². The van der Waals surface area contributed by atoms with Crippen molar-refractivity contribution in [2.45, 2.75) is 13.8 Å². The Morgan fingerprint density at radius 2 is 1.85 bits per heavy atom. The van der Waals surface area contributed by atoms with Gasteiger partial charge >= 0.3 is 5.97 Å². The number of pyridine rings is 1. The van der Waals surface area contributed by atoms with E-state index < -0.39 is 5.97 Å². The smallest absolute Gasteiger partial charge is 0.356 e. The van der Waals surface area contributed by atoms with E-state index >= 15 is 0 Å². The molecule has 0 saturated heterocycles. The number of carbonyl (C=O) groups excluding carboxylic acids is 1. The summed E-state index contributed by atoms with van der Waals surface area (Å²) in [5.41, 5.74) is 4.16. The molecule has 0 aliphatic carbocycles. The van der Waals surface area contributed by atoms with E-state index in [4.69, 9.17) is 4.74 Å². The van der Waals surface area contributed by atoms with Crippen LogP contribution in [0.1, 0.15) is 28.5 Å². The monoisotopic (exact) mass is 354 g/mol. The molecule has 4 nitrogen and oxygen atoms in total. The predicted octanol–water partition coefficient (Wildman–Crippen LogP) is 5.12. The lowest BCUT2D eigenvalue weighted by molar-refractivity contribution is 0.0519. The fraction of sp³-hybridized carbons (Fsp3) is 0.130. The van der Waals surface area contributed by atoms with Gasteiger partial charge in [0, 0.05) is 17.1 Å². The summed E-state index contributed by atoms with van der Waals surface area (Å²) in [6.07, 6.45) is 1.84. The van der Waals surface area contributed by atoms with Crippen LogP contribution in [0.25, 0.3) is 27.4 Å². The van der Waals surface area contributed by atoms with Crippen LogP contribution in [0.5, 0.6) is 0 Å². The normalized spacial score (nSPS) is 10.9. The first-order chi connectivity index (χ1) is 13.2. The molecular formula is C23H18N2O2. The number of aromatic nitrogens is 1. The molecule has 4 rings (SSSR count). The van der Waals surface area contributed by atoms with Gasteiger partial charge in [0.15, 0.2) is 0 Å². The van der Waals surface area contributed by atoms with E-state index in [0.29, 0.717) is 16.8 Å². The minimum Gasteiger partial charge on any atom is -0.461 e. The third kappa shape index (κ3) is 2.65. The van der Waals surface area contributed by atoms with Gasteiger partial charge in [0.1, 0.15) is 11.8 Å². The van der Waals surface area contributed by atoms with Crippen molar-refractivity contribution in [2.24, 2.45) is 0 Å². The van der Waals surface area contributed by atoms with Gasteiger partial charge in [-0.3, -0.25) is 0 Å². The second-order valence-corrected chi connectivity index (χ2v) is 6.42. The fourth-order valence-electron chi connectivity index (χ4n) is 3.53. The van der Waals surface area contributed by atoms with Crippen LogP contribution in [-0.2, 0) is 4.74 Å². The average Bonchev–Trinajstić information content (AvgIpc) is 3.03. The van der Waals surface area contributed by atoms with Crippen molar-refractivity contribution in [2.75, 3.05) is 6.61 Å². The molecule has 27 heavy (non-hydrogen) atoms. The molecule has 4 aromatic rings. The molecule has 0 N–H and O–H groups in total. The SMILES string of the molecule is CCOC(=O)c1c(-c2ccc(C)cc2)c(C#N)c2c3ccccc3ccn12. The molecule has 0 saturated carbocycles. The summed E-state index contributed by atoms with van der Waals surface area (Å²) in [6, 6.07) is 20.0. The summed E-state index contributed by atoms with van der Waals surface area (Å²) in [4.78, 5) is 12.8. The zero-order chi connectivity index (χ0) is 19.0. The maximum absolute atomic E-state index is 12.8. The summed E-state index contributed by atoms with van der Waals surface area (Å²) in [5.74, 6) is -0.431. The van der Waals surface area contributed by atoms with Crippen LogP contribution in [-0.4, -0.2) is 17.0 Å². The second-order valence-electron chi connectivity index (χ2n) is 6.42. The molecular weight excluding hydrogens is 336 g/mol. The number of aryl methyl sites for hydroxylation is 1. The number of esters is 1. The Labute approximate surface area is 157 Å². The Hall–Kier alpha value is -3.58. The van der Waals surface area contributed by atoms with Gasteiger partial charge in [-0.05, 0) is 30.9 Å². The third-order valence-electron chi connectivity index (χ3n) is 4.75. The molecule has 0 unspecified atom stereocenters. The highest BCUT2D eigenvalue weighted by atomic mass is 16.5.